The lowest BCUT2D eigenvalue weighted by Crippen LogP contribution is -2.13. The molecule has 0 saturated heterocycles. The number of carboxylic acid groups (broad SMARTS) is 1. The van der Waals surface area contributed by atoms with Crippen LogP contribution in [0.5, 0.6) is 5.75 Å². The number of alkyl halides is 3. The molecule has 0 amide bonds. The Balaban J connectivity index is 1.77. The van der Waals surface area contributed by atoms with Gasteiger partial charge in [-0.15, -0.1) is 0 Å². The van der Waals surface area contributed by atoms with Crippen molar-refractivity contribution in [2.75, 3.05) is 5.32 Å². The van der Waals surface area contributed by atoms with E-state index in [1.54, 1.807) is 41.0 Å². The van der Waals surface area contributed by atoms with Gasteiger partial charge in [-0.25, -0.2) is 9.78 Å². The fourth-order valence-electron chi connectivity index (χ4n) is 3.64. The summed E-state index contributed by atoms with van der Waals surface area (Å²) in [7, 11) is 0. The number of carbonyl (C=O) groups is 1. The zero-order valence-electron chi connectivity index (χ0n) is 18.4. The van der Waals surface area contributed by atoms with Crippen LogP contribution in [0.25, 0.3) is 11.0 Å². The van der Waals surface area contributed by atoms with Gasteiger partial charge in [-0.05, 0) is 67.9 Å². The number of halogens is 3. The van der Waals surface area contributed by atoms with Crippen LogP contribution >= 0.6 is 0 Å². The topological polar surface area (TPSA) is 76.4 Å². The normalized spacial score (nSPS) is 11.7. The summed E-state index contributed by atoms with van der Waals surface area (Å²) < 4.78 is 48.0. The number of imidazole rings is 1. The van der Waals surface area contributed by atoms with Gasteiger partial charge in [-0.2, -0.15) is 13.2 Å². The van der Waals surface area contributed by atoms with Crippen LogP contribution in [0, 0.1) is 0 Å². The summed E-state index contributed by atoms with van der Waals surface area (Å²) >= 11 is 0. The number of fused-ring (bicyclic) bond motifs is 1. The minimum atomic E-state index is -4.51. The fourth-order valence-corrected chi connectivity index (χ4v) is 3.64. The highest BCUT2D eigenvalue weighted by Crippen LogP contribution is 2.34. The van der Waals surface area contributed by atoms with E-state index < -0.39 is 17.7 Å². The van der Waals surface area contributed by atoms with Crippen LogP contribution in [0.4, 0.5) is 24.8 Å². The molecule has 9 heteroatoms. The lowest BCUT2D eigenvalue weighted by Gasteiger charge is -2.16. The Morgan fingerprint density at radius 2 is 1.79 bits per heavy atom. The van der Waals surface area contributed by atoms with E-state index in [4.69, 9.17) is 4.74 Å². The number of nitrogens with one attached hydrogen (secondary N) is 1. The minimum Gasteiger partial charge on any atom is -0.491 e. The van der Waals surface area contributed by atoms with Crippen LogP contribution < -0.4 is 10.1 Å². The SMILES string of the molecule is CC(C)Oc1ccc(Nc2nc3cc(C(=O)O)ccc3n2Cc2ccccc2C(F)(F)F)cc1. The van der Waals surface area contributed by atoms with E-state index in [1.807, 2.05) is 13.8 Å². The van der Waals surface area contributed by atoms with E-state index in [9.17, 15) is 23.1 Å². The third-order valence-electron chi connectivity index (χ3n) is 5.13. The summed E-state index contributed by atoms with van der Waals surface area (Å²) in [4.78, 5) is 15.9. The van der Waals surface area contributed by atoms with Crippen LogP contribution in [-0.2, 0) is 12.7 Å². The Morgan fingerprint density at radius 3 is 2.44 bits per heavy atom. The molecule has 0 unspecified atom stereocenters. The summed E-state index contributed by atoms with van der Waals surface area (Å²) in [5.74, 6) is -0.152. The molecule has 0 fully saturated rings. The second-order valence-electron chi connectivity index (χ2n) is 8.00. The first-order valence-electron chi connectivity index (χ1n) is 10.5. The highest BCUT2D eigenvalue weighted by Gasteiger charge is 2.33. The Labute approximate surface area is 193 Å². The Morgan fingerprint density at radius 1 is 1.09 bits per heavy atom. The number of aromatic nitrogens is 2. The number of ether oxygens (including phenoxy) is 1. The van der Waals surface area contributed by atoms with Crippen molar-refractivity contribution in [3.05, 3.63) is 83.4 Å². The zero-order valence-corrected chi connectivity index (χ0v) is 18.4. The second kappa shape index (κ2) is 9.09. The highest BCUT2D eigenvalue weighted by atomic mass is 19.4. The van der Waals surface area contributed by atoms with E-state index in [-0.39, 0.29) is 29.7 Å². The smallest absolute Gasteiger partial charge is 0.416 e. The molecule has 0 atom stereocenters. The lowest BCUT2D eigenvalue weighted by atomic mass is 10.1. The molecule has 1 aromatic heterocycles. The number of anilines is 2. The van der Waals surface area contributed by atoms with Gasteiger partial charge in [0.2, 0.25) is 5.95 Å². The first-order chi connectivity index (χ1) is 16.1. The number of carboxylic acids is 1. The summed E-state index contributed by atoms with van der Waals surface area (Å²) in [5.41, 5.74) is 0.876. The van der Waals surface area contributed by atoms with Crippen molar-refractivity contribution in [1.29, 1.82) is 0 Å². The average Bonchev–Trinajstić information content (AvgIpc) is 3.10. The highest BCUT2D eigenvalue weighted by molar-refractivity contribution is 5.93. The summed E-state index contributed by atoms with van der Waals surface area (Å²) in [6, 6.07) is 16.8. The van der Waals surface area contributed by atoms with Crippen LogP contribution in [-0.4, -0.2) is 26.7 Å². The first kappa shape index (κ1) is 23.2. The molecule has 0 aliphatic carbocycles. The largest absolute Gasteiger partial charge is 0.491 e. The zero-order chi connectivity index (χ0) is 24.5. The van der Waals surface area contributed by atoms with E-state index in [0.29, 0.717) is 22.5 Å². The predicted octanol–water partition coefficient (Wildman–Crippen LogP) is 6.33. The summed E-state index contributed by atoms with van der Waals surface area (Å²) in [6.45, 7) is 3.72. The van der Waals surface area contributed by atoms with Gasteiger partial charge in [0.05, 0.1) is 34.8 Å². The molecule has 2 N–H and O–H groups in total. The average molecular weight is 469 g/mol. The van der Waals surface area contributed by atoms with Gasteiger partial charge in [0.15, 0.2) is 0 Å². The van der Waals surface area contributed by atoms with Gasteiger partial charge in [-0.3, -0.25) is 0 Å². The number of aromatic carboxylic acids is 1. The number of benzene rings is 3. The Bertz CT molecular complexity index is 1330. The van der Waals surface area contributed by atoms with Gasteiger partial charge in [-0.1, -0.05) is 18.2 Å². The number of hydrogen-bond donors (Lipinski definition) is 2. The maximum Gasteiger partial charge on any atom is 0.416 e. The molecule has 34 heavy (non-hydrogen) atoms. The van der Waals surface area contributed by atoms with E-state index >= 15 is 0 Å². The van der Waals surface area contributed by atoms with E-state index in [1.165, 1.54) is 24.3 Å². The third-order valence-corrected chi connectivity index (χ3v) is 5.13. The number of rotatable bonds is 7. The van der Waals surface area contributed by atoms with Gasteiger partial charge in [0.25, 0.3) is 0 Å². The van der Waals surface area contributed by atoms with E-state index in [0.717, 1.165) is 6.07 Å². The maximum absolute atomic E-state index is 13.6. The minimum absolute atomic E-state index is 0.0140. The molecular weight excluding hydrogens is 447 g/mol. The molecule has 0 spiro atoms. The summed E-state index contributed by atoms with van der Waals surface area (Å²) in [5, 5.41) is 12.5. The fraction of sp³-hybridized carbons (Fsp3) is 0.200. The molecular formula is C25H22F3N3O3. The van der Waals surface area contributed by atoms with Crippen molar-refractivity contribution in [1.82, 2.24) is 9.55 Å². The molecule has 0 radical (unpaired) electrons. The molecule has 1 heterocycles. The van der Waals surface area contributed by atoms with Crippen molar-refractivity contribution in [2.45, 2.75) is 32.7 Å². The number of hydrogen-bond acceptors (Lipinski definition) is 4. The molecule has 3 aromatic carbocycles. The van der Waals surface area contributed by atoms with Crippen molar-refractivity contribution in [2.24, 2.45) is 0 Å². The van der Waals surface area contributed by atoms with Gasteiger partial charge >= 0.3 is 12.1 Å². The summed E-state index contributed by atoms with van der Waals surface area (Å²) in [6.07, 6.45) is -4.50. The van der Waals surface area contributed by atoms with Crippen LogP contribution in [0.1, 0.15) is 35.3 Å². The predicted molar refractivity (Wildman–Crippen MR) is 123 cm³/mol. The molecule has 4 aromatic rings. The molecule has 176 valence electrons. The Hall–Kier alpha value is -4.01. The van der Waals surface area contributed by atoms with Gasteiger partial charge < -0.3 is 19.7 Å². The van der Waals surface area contributed by atoms with Crippen molar-refractivity contribution in [3.63, 3.8) is 0 Å². The van der Waals surface area contributed by atoms with Crippen molar-refractivity contribution in [3.8, 4) is 5.75 Å². The lowest BCUT2D eigenvalue weighted by molar-refractivity contribution is -0.138. The van der Waals surface area contributed by atoms with Crippen molar-refractivity contribution < 1.29 is 27.8 Å². The molecule has 4 rings (SSSR count). The Kier molecular flexibility index (Phi) is 6.19. The van der Waals surface area contributed by atoms with E-state index in [2.05, 4.69) is 10.3 Å². The maximum atomic E-state index is 13.6. The van der Waals surface area contributed by atoms with Crippen LogP contribution in [0.2, 0.25) is 0 Å². The van der Waals surface area contributed by atoms with Gasteiger partial charge in [0, 0.05) is 5.69 Å². The molecule has 0 saturated carbocycles. The van der Waals surface area contributed by atoms with Crippen molar-refractivity contribution >= 4 is 28.6 Å². The molecule has 0 bridgehead atoms. The van der Waals surface area contributed by atoms with Crippen LogP contribution in [0.15, 0.2) is 66.7 Å². The quantitative estimate of drug-likeness (QED) is 0.331. The first-order valence-corrected chi connectivity index (χ1v) is 10.5. The molecule has 0 aliphatic rings. The van der Waals surface area contributed by atoms with Crippen LogP contribution in [0.3, 0.4) is 0 Å². The standard InChI is InChI=1S/C25H22F3N3O3/c1-15(2)34-19-10-8-18(9-11-19)29-24-30-21-13-16(23(32)33)7-12-22(21)31(24)14-17-5-3-4-6-20(17)25(26,27)28/h3-13,15H,14H2,1-2H3,(H,29,30)(H,32,33). The molecule has 0 aliphatic heterocycles. The monoisotopic (exact) mass is 469 g/mol. The number of nitrogens with zero attached hydrogens (tertiary/aromatic N) is 2. The molecule has 6 nitrogen and oxygen atoms in total. The third kappa shape index (κ3) is 4.98. The second-order valence-corrected chi connectivity index (χ2v) is 8.00. The van der Waals surface area contributed by atoms with Gasteiger partial charge in [0.1, 0.15) is 5.75 Å².